The number of hydrogen-bond donors (Lipinski definition) is 2. The number of rotatable bonds is 2. The van der Waals surface area contributed by atoms with Gasteiger partial charge in [0.05, 0.1) is 0 Å². The lowest BCUT2D eigenvalue weighted by atomic mass is 10.1. The molecule has 1 heterocycles. The number of halogens is 1. The van der Waals surface area contributed by atoms with Crippen LogP contribution in [0.25, 0.3) is 10.8 Å². The van der Waals surface area contributed by atoms with E-state index in [9.17, 15) is 4.79 Å². The predicted octanol–water partition coefficient (Wildman–Crippen LogP) is 3.72. The summed E-state index contributed by atoms with van der Waals surface area (Å²) < 4.78 is 0. The van der Waals surface area contributed by atoms with Crippen LogP contribution in [-0.4, -0.2) is 10.9 Å². The number of nitrogens with one attached hydrogen (secondary N) is 1. The molecule has 3 rings (SSSR count). The zero-order chi connectivity index (χ0) is 14.8. The second-order valence-corrected chi connectivity index (χ2v) is 5.07. The van der Waals surface area contributed by atoms with Gasteiger partial charge in [-0.1, -0.05) is 23.7 Å². The summed E-state index contributed by atoms with van der Waals surface area (Å²) in [5.41, 5.74) is 7.30. The Balaban J connectivity index is 1.96. The third-order valence-electron chi connectivity index (χ3n) is 3.11. The van der Waals surface area contributed by atoms with Crippen molar-refractivity contribution in [3.05, 3.63) is 65.4 Å². The lowest BCUT2D eigenvalue weighted by molar-refractivity contribution is 0.102. The Labute approximate surface area is 126 Å². The molecule has 104 valence electrons. The first-order valence-electron chi connectivity index (χ1n) is 6.33. The second-order valence-electron chi connectivity index (χ2n) is 4.63. The number of hydrogen-bond acceptors (Lipinski definition) is 3. The number of anilines is 2. The third kappa shape index (κ3) is 2.80. The van der Waals surface area contributed by atoms with Crippen LogP contribution in [0.3, 0.4) is 0 Å². The maximum absolute atomic E-state index is 12.3. The van der Waals surface area contributed by atoms with E-state index in [2.05, 4.69) is 10.3 Å². The Hall–Kier alpha value is -2.59. The molecule has 0 saturated carbocycles. The van der Waals surface area contributed by atoms with E-state index in [1.807, 2.05) is 24.3 Å². The Morgan fingerprint density at radius 2 is 2.05 bits per heavy atom. The molecule has 3 aromatic rings. The summed E-state index contributed by atoms with van der Waals surface area (Å²) in [4.78, 5) is 16.4. The first kappa shape index (κ1) is 13.4. The van der Waals surface area contributed by atoms with E-state index >= 15 is 0 Å². The van der Waals surface area contributed by atoms with E-state index in [0.717, 1.165) is 16.5 Å². The maximum Gasteiger partial charge on any atom is 0.255 e. The molecule has 0 unspecified atom stereocenters. The molecule has 0 aliphatic rings. The van der Waals surface area contributed by atoms with Gasteiger partial charge in [0.25, 0.3) is 5.91 Å². The zero-order valence-electron chi connectivity index (χ0n) is 11.0. The SMILES string of the molecule is Nc1cc(Cl)cc(C(=O)Nc2cccc3cnccc23)c1. The smallest absolute Gasteiger partial charge is 0.255 e. The fourth-order valence-electron chi connectivity index (χ4n) is 2.17. The van der Waals surface area contributed by atoms with Crippen molar-refractivity contribution in [2.45, 2.75) is 0 Å². The number of pyridine rings is 1. The molecule has 5 heteroatoms. The van der Waals surface area contributed by atoms with E-state index in [4.69, 9.17) is 17.3 Å². The van der Waals surface area contributed by atoms with Gasteiger partial charge >= 0.3 is 0 Å². The zero-order valence-corrected chi connectivity index (χ0v) is 11.8. The number of benzene rings is 2. The standard InChI is InChI=1S/C16H12ClN3O/c17-12-6-11(7-13(18)8-12)16(21)20-15-3-1-2-10-9-19-5-4-14(10)15/h1-9H,18H2,(H,20,21). The summed E-state index contributed by atoms with van der Waals surface area (Å²) in [5, 5.41) is 5.19. The summed E-state index contributed by atoms with van der Waals surface area (Å²) in [6.07, 6.45) is 3.44. The minimum Gasteiger partial charge on any atom is -0.399 e. The number of fused-ring (bicyclic) bond motifs is 1. The maximum atomic E-state index is 12.3. The molecular formula is C16H12ClN3O. The summed E-state index contributed by atoms with van der Waals surface area (Å²) in [7, 11) is 0. The molecule has 2 aromatic carbocycles. The summed E-state index contributed by atoms with van der Waals surface area (Å²) in [6.45, 7) is 0. The Morgan fingerprint density at radius 3 is 2.86 bits per heavy atom. The summed E-state index contributed by atoms with van der Waals surface area (Å²) in [5.74, 6) is -0.256. The van der Waals surface area contributed by atoms with Crippen molar-refractivity contribution in [2.75, 3.05) is 11.1 Å². The van der Waals surface area contributed by atoms with Crippen molar-refractivity contribution in [1.29, 1.82) is 0 Å². The number of amides is 1. The number of nitrogens with two attached hydrogens (primary N) is 1. The third-order valence-corrected chi connectivity index (χ3v) is 3.33. The molecule has 3 N–H and O–H groups in total. The molecule has 0 aliphatic heterocycles. The van der Waals surface area contributed by atoms with Gasteiger partial charge in [0.15, 0.2) is 0 Å². The van der Waals surface area contributed by atoms with Gasteiger partial charge in [-0.2, -0.15) is 0 Å². The molecular weight excluding hydrogens is 286 g/mol. The first-order valence-corrected chi connectivity index (χ1v) is 6.71. The normalized spacial score (nSPS) is 10.5. The van der Waals surface area contributed by atoms with Gasteiger partial charge in [0.1, 0.15) is 0 Å². The monoisotopic (exact) mass is 297 g/mol. The van der Waals surface area contributed by atoms with Gasteiger partial charge in [0.2, 0.25) is 0 Å². The van der Waals surface area contributed by atoms with E-state index in [1.165, 1.54) is 0 Å². The first-order chi connectivity index (χ1) is 10.1. The van der Waals surface area contributed by atoms with Crippen LogP contribution in [0.4, 0.5) is 11.4 Å². The topological polar surface area (TPSA) is 68.0 Å². The fraction of sp³-hybridized carbons (Fsp3) is 0. The quantitative estimate of drug-likeness (QED) is 0.708. The van der Waals surface area contributed by atoms with Gasteiger partial charge in [-0.25, -0.2) is 0 Å². The van der Waals surface area contributed by atoms with E-state index in [-0.39, 0.29) is 5.91 Å². The molecule has 4 nitrogen and oxygen atoms in total. The average Bonchev–Trinajstić information content (AvgIpc) is 2.46. The Kier molecular flexibility index (Phi) is 3.46. The van der Waals surface area contributed by atoms with Gasteiger partial charge in [0, 0.05) is 45.1 Å². The number of nitrogen functional groups attached to an aromatic ring is 1. The molecule has 0 bridgehead atoms. The van der Waals surface area contributed by atoms with Crippen molar-refractivity contribution in [2.24, 2.45) is 0 Å². The number of carbonyl (C=O) groups excluding carboxylic acids is 1. The van der Waals surface area contributed by atoms with E-state index in [0.29, 0.717) is 16.3 Å². The molecule has 0 spiro atoms. The minimum absolute atomic E-state index is 0.256. The highest BCUT2D eigenvalue weighted by atomic mass is 35.5. The fourth-order valence-corrected chi connectivity index (χ4v) is 2.41. The molecule has 0 aliphatic carbocycles. The largest absolute Gasteiger partial charge is 0.399 e. The van der Waals surface area contributed by atoms with E-state index in [1.54, 1.807) is 30.6 Å². The lowest BCUT2D eigenvalue weighted by Crippen LogP contribution is -2.12. The second kappa shape index (κ2) is 5.42. The van der Waals surface area contributed by atoms with Crippen LogP contribution in [0.15, 0.2) is 54.9 Å². The summed E-state index contributed by atoms with van der Waals surface area (Å²) >= 11 is 5.92. The Morgan fingerprint density at radius 1 is 1.19 bits per heavy atom. The molecule has 0 saturated heterocycles. The van der Waals surface area contributed by atoms with Crippen molar-refractivity contribution in [1.82, 2.24) is 4.98 Å². The van der Waals surface area contributed by atoms with E-state index < -0.39 is 0 Å². The number of aromatic nitrogens is 1. The molecule has 0 radical (unpaired) electrons. The highest BCUT2D eigenvalue weighted by Crippen LogP contribution is 2.23. The van der Waals surface area contributed by atoms with Crippen LogP contribution < -0.4 is 11.1 Å². The van der Waals surface area contributed by atoms with Gasteiger partial charge < -0.3 is 11.1 Å². The molecule has 21 heavy (non-hydrogen) atoms. The van der Waals surface area contributed by atoms with Crippen molar-refractivity contribution >= 4 is 39.7 Å². The summed E-state index contributed by atoms with van der Waals surface area (Å²) in [6, 6.07) is 12.3. The Bertz CT molecular complexity index is 807. The predicted molar refractivity (Wildman–Crippen MR) is 85.6 cm³/mol. The van der Waals surface area contributed by atoms with Gasteiger partial charge in [-0.3, -0.25) is 9.78 Å². The van der Waals surface area contributed by atoms with Crippen molar-refractivity contribution < 1.29 is 4.79 Å². The van der Waals surface area contributed by atoms with Crippen LogP contribution >= 0.6 is 11.6 Å². The van der Waals surface area contributed by atoms with Crippen molar-refractivity contribution in [3.8, 4) is 0 Å². The van der Waals surface area contributed by atoms with Crippen LogP contribution in [-0.2, 0) is 0 Å². The molecule has 1 amide bonds. The highest BCUT2D eigenvalue weighted by Gasteiger charge is 2.09. The highest BCUT2D eigenvalue weighted by molar-refractivity contribution is 6.31. The number of carbonyl (C=O) groups is 1. The number of nitrogens with zero attached hydrogens (tertiary/aromatic N) is 1. The average molecular weight is 298 g/mol. The molecule has 1 aromatic heterocycles. The lowest BCUT2D eigenvalue weighted by Gasteiger charge is -2.09. The van der Waals surface area contributed by atoms with Gasteiger partial charge in [-0.15, -0.1) is 0 Å². The molecule has 0 atom stereocenters. The van der Waals surface area contributed by atoms with Gasteiger partial charge in [-0.05, 0) is 30.3 Å². The van der Waals surface area contributed by atoms with Crippen LogP contribution in [0.5, 0.6) is 0 Å². The van der Waals surface area contributed by atoms with Crippen molar-refractivity contribution in [3.63, 3.8) is 0 Å². The van der Waals surface area contributed by atoms with Crippen LogP contribution in [0, 0.1) is 0 Å². The van der Waals surface area contributed by atoms with Crippen LogP contribution in [0.2, 0.25) is 5.02 Å². The minimum atomic E-state index is -0.256. The van der Waals surface area contributed by atoms with Crippen LogP contribution in [0.1, 0.15) is 10.4 Å². The molecule has 0 fully saturated rings.